The predicted octanol–water partition coefficient (Wildman–Crippen LogP) is 4.37. The minimum absolute atomic E-state index is 0.107. The van der Waals surface area contributed by atoms with E-state index in [0.717, 1.165) is 40.3 Å². The summed E-state index contributed by atoms with van der Waals surface area (Å²) < 4.78 is 17.4. The maximum absolute atomic E-state index is 13.1. The van der Waals surface area contributed by atoms with Crippen molar-refractivity contribution in [2.24, 2.45) is 0 Å². The van der Waals surface area contributed by atoms with E-state index in [2.05, 4.69) is 9.88 Å². The highest BCUT2D eigenvalue weighted by molar-refractivity contribution is 6.15. The van der Waals surface area contributed by atoms with E-state index in [1.54, 1.807) is 25.6 Å². The monoisotopic (exact) mass is 414 g/mol. The van der Waals surface area contributed by atoms with Gasteiger partial charge >= 0.3 is 0 Å². The largest absolute Gasteiger partial charge is 0.497 e. The Bertz CT molecular complexity index is 1190. The van der Waals surface area contributed by atoms with Crippen LogP contribution in [0.3, 0.4) is 0 Å². The summed E-state index contributed by atoms with van der Waals surface area (Å²) in [4.78, 5) is 19.4. The Kier molecular flexibility index (Phi) is 4.92. The summed E-state index contributed by atoms with van der Waals surface area (Å²) in [5, 5.41) is 0. The number of carbonyl (C=O) groups is 1. The molecular weight excluding hydrogens is 392 g/mol. The number of fused-ring (bicyclic) bond motifs is 3. The second-order valence-corrected chi connectivity index (χ2v) is 7.71. The Labute approximate surface area is 180 Å². The van der Waals surface area contributed by atoms with Gasteiger partial charge in [0.1, 0.15) is 24.0 Å². The van der Waals surface area contributed by atoms with Crippen LogP contribution in [-0.4, -0.2) is 29.5 Å². The average molecular weight is 414 g/mol. The lowest BCUT2D eigenvalue weighted by Crippen LogP contribution is -2.31. The van der Waals surface area contributed by atoms with Crippen LogP contribution in [-0.2, 0) is 13.1 Å². The van der Waals surface area contributed by atoms with Gasteiger partial charge in [-0.2, -0.15) is 0 Å². The topological polar surface area (TPSA) is 60.9 Å². The maximum atomic E-state index is 13.1. The van der Waals surface area contributed by atoms with Gasteiger partial charge in [0.25, 0.3) is 0 Å². The van der Waals surface area contributed by atoms with Crippen molar-refractivity contribution in [1.29, 1.82) is 0 Å². The predicted molar refractivity (Wildman–Crippen MR) is 116 cm³/mol. The Morgan fingerprint density at radius 3 is 2.84 bits per heavy atom. The van der Waals surface area contributed by atoms with Gasteiger partial charge in [0.2, 0.25) is 5.78 Å². The molecule has 0 saturated heterocycles. The molecule has 2 aromatic carbocycles. The van der Waals surface area contributed by atoms with Gasteiger partial charge in [-0.25, -0.2) is 0 Å². The maximum Gasteiger partial charge on any atom is 0.232 e. The second kappa shape index (κ2) is 7.89. The number of benzene rings is 2. The van der Waals surface area contributed by atoms with E-state index in [1.807, 2.05) is 49.4 Å². The van der Waals surface area contributed by atoms with Crippen molar-refractivity contribution < 1.29 is 19.0 Å². The van der Waals surface area contributed by atoms with Gasteiger partial charge in [-0.1, -0.05) is 12.1 Å². The van der Waals surface area contributed by atoms with Crippen LogP contribution in [0.15, 0.2) is 60.6 Å². The van der Waals surface area contributed by atoms with Crippen molar-refractivity contribution >= 4 is 11.9 Å². The first kappa shape index (κ1) is 19.3. The number of ether oxygens (including phenoxy) is 3. The van der Waals surface area contributed by atoms with Crippen LogP contribution in [0.25, 0.3) is 6.08 Å². The van der Waals surface area contributed by atoms with E-state index in [4.69, 9.17) is 14.2 Å². The number of hydrogen-bond donors (Lipinski definition) is 0. The molecule has 5 rings (SSSR count). The second-order valence-electron chi connectivity index (χ2n) is 7.71. The first-order valence-electron chi connectivity index (χ1n) is 10.1. The van der Waals surface area contributed by atoms with Gasteiger partial charge in [0, 0.05) is 25.5 Å². The fourth-order valence-electron chi connectivity index (χ4n) is 4.01. The molecule has 0 bridgehead atoms. The van der Waals surface area contributed by atoms with Crippen LogP contribution >= 0.6 is 0 Å². The van der Waals surface area contributed by atoms with Crippen molar-refractivity contribution in [3.8, 4) is 17.2 Å². The molecule has 0 aliphatic carbocycles. The summed E-state index contributed by atoms with van der Waals surface area (Å²) in [5.74, 6) is 2.31. The number of allylic oxidation sites excluding steroid dienone is 1. The van der Waals surface area contributed by atoms with Crippen molar-refractivity contribution in [2.75, 3.05) is 13.8 Å². The van der Waals surface area contributed by atoms with Gasteiger partial charge in [0.05, 0.1) is 18.2 Å². The molecule has 6 nitrogen and oxygen atoms in total. The summed E-state index contributed by atoms with van der Waals surface area (Å²) in [6.07, 6.45) is 5.33. The van der Waals surface area contributed by atoms with Crippen LogP contribution in [0, 0.1) is 6.92 Å². The highest BCUT2D eigenvalue weighted by Gasteiger charge is 2.35. The SMILES string of the molecule is COc1cccc(/C=C2\Oc3c4c(cc(C)c3C2=O)OCN(Cc2ccncc2)C4)c1. The van der Waals surface area contributed by atoms with Gasteiger partial charge in [0.15, 0.2) is 5.76 Å². The fraction of sp³-hybridized carbons (Fsp3) is 0.200. The van der Waals surface area contributed by atoms with E-state index >= 15 is 0 Å². The molecule has 0 spiro atoms. The third kappa shape index (κ3) is 3.66. The van der Waals surface area contributed by atoms with Crippen LogP contribution in [0.1, 0.15) is 32.6 Å². The average Bonchev–Trinajstić information content (AvgIpc) is 3.12. The summed E-state index contributed by atoms with van der Waals surface area (Å²) in [6.45, 7) is 3.76. The van der Waals surface area contributed by atoms with Crippen LogP contribution in [0.5, 0.6) is 17.2 Å². The zero-order valence-electron chi connectivity index (χ0n) is 17.4. The van der Waals surface area contributed by atoms with Crippen molar-refractivity contribution in [1.82, 2.24) is 9.88 Å². The molecule has 3 aromatic rings. The van der Waals surface area contributed by atoms with E-state index in [-0.39, 0.29) is 5.78 Å². The summed E-state index contributed by atoms with van der Waals surface area (Å²) in [6, 6.07) is 13.5. The molecular formula is C25H22N2O4. The number of carbonyl (C=O) groups excluding carboxylic acids is 1. The molecule has 0 atom stereocenters. The Balaban J connectivity index is 1.47. The molecule has 156 valence electrons. The van der Waals surface area contributed by atoms with Crippen molar-refractivity contribution in [3.63, 3.8) is 0 Å². The van der Waals surface area contributed by atoms with E-state index in [0.29, 0.717) is 30.3 Å². The lowest BCUT2D eigenvalue weighted by Gasteiger charge is -2.30. The molecule has 1 aromatic heterocycles. The Morgan fingerprint density at radius 2 is 2.03 bits per heavy atom. The molecule has 0 saturated carbocycles. The number of ketones is 1. The number of nitrogens with zero attached hydrogens (tertiary/aromatic N) is 2. The third-order valence-corrected chi connectivity index (χ3v) is 5.53. The smallest absolute Gasteiger partial charge is 0.232 e. The third-order valence-electron chi connectivity index (χ3n) is 5.53. The molecule has 0 radical (unpaired) electrons. The number of pyridine rings is 1. The highest BCUT2D eigenvalue weighted by atomic mass is 16.5. The Hall–Kier alpha value is -3.64. The molecule has 3 heterocycles. The minimum Gasteiger partial charge on any atom is -0.497 e. The summed E-state index contributed by atoms with van der Waals surface area (Å²) in [7, 11) is 1.62. The van der Waals surface area contributed by atoms with Gasteiger partial charge in [-0.05, 0) is 60.0 Å². The van der Waals surface area contributed by atoms with Crippen LogP contribution in [0.2, 0.25) is 0 Å². The summed E-state index contributed by atoms with van der Waals surface area (Å²) in [5.41, 5.74) is 4.37. The number of aromatic nitrogens is 1. The molecule has 0 amide bonds. The molecule has 2 aliphatic rings. The number of rotatable bonds is 4. The van der Waals surface area contributed by atoms with Gasteiger partial charge in [-0.15, -0.1) is 0 Å². The lowest BCUT2D eigenvalue weighted by atomic mass is 9.98. The number of Topliss-reactive ketones (excluding diaryl/α,β-unsaturated/α-hetero) is 1. The fourth-order valence-corrected chi connectivity index (χ4v) is 4.01. The normalized spacial score (nSPS) is 16.5. The highest BCUT2D eigenvalue weighted by Crippen LogP contribution is 2.44. The van der Waals surface area contributed by atoms with E-state index in [1.165, 1.54) is 0 Å². The Morgan fingerprint density at radius 1 is 1.19 bits per heavy atom. The first-order chi connectivity index (χ1) is 15.1. The van der Waals surface area contributed by atoms with E-state index in [9.17, 15) is 4.79 Å². The quantitative estimate of drug-likeness (QED) is 0.591. The molecule has 2 aliphatic heterocycles. The molecule has 0 N–H and O–H groups in total. The van der Waals surface area contributed by atoms with E-state index < -0.39 is 0 Å². The number of aryl methyl sites for hydroxylation is 1. The molecule has 6 heteroatoms. The zero-order chi connectivity index (χ0) is 21.4. The van der Waals surface area contributed by atoms with Crippen molar-refractivity contribution in [3.05, 3.63) is 88.4 Å². The molecule has 0 unspecified atom stereocenters. The number of methoxy groups -OCH3 is 1. The zero-order valence-corrected chi connectivity index (χ0v) is 17.4. The van der Waals surface area contributed by atoms with Gasteiger partial charge in [-0.3, -0.25) is 14.7 Å². The van der Waals surface area contributed by atoms with Crippen molar-refractivity contribution in [2.45, 2.75) is 20.0 Å². The van der Waals surface area contributed by atoms with Gasteiger partial charge < -0.3 is 14.2 Å². The standard InChI is InChI=1S/C25H22N2O4/c1-16-10-21-20(14-27(15-30-21)13-17-6-8-26-9-7-17)25-23(16)24(28)22(31-25)12-18-4-3-5-19(11-18)29-2/h3-12H,13-15H2,1-2H3/b22-12-. The molecule has 0 fully saturated rings. The van der Waals surface area contributed by atoms with Crippen LogP contribution in [0.4, 0.5) is 0 Å². The van der Waals surface area contributed by atoms with Crippen LogP contribution < -0.4 is 14.2 Å². The molecule has 31 heavy (non-hydrogen) atoms. The summed E-state index contributed by atoms with van der Waals surface area (Å²) >= 11 is 0. The lowest BCUT2D eigenvalue weighted by molar-refractivity contribution is 0.0872. The first-order valence-corrected chi connectivity index (χ1v) is 10.1. The number of hydrogen-bond acceptors (Lipinski definition) is 6. The minimum atomic E-state index is -0.107.